The molecule has 1 heterocycles. The first-order valence-electron chi connectivity index (χ1n) is 6.68. The van der Waals surface area contributed by atoms with Gasteiger partial charge in [-0.2, -0.15) is 0 Å². The zero-order chi connectivity index (χ0) is 15.7. The van der Waals surface area contributed by atoms with Crippen molar-refractivity contribution in [2.24, 2.45) is 0 Å². The molecule has 0 saturated carbocycles. The van der Waals surface area contributed by atoms with Crippen molar-refractivity contribution in [1.29, 1.82) is 0 Å². The van der Waals surface area contributed by atoms with Crippen LogP contribution < -0.4 is 11.2 Å². The van der Waals surface area contributed by atoms with Gasteiger partial charge in [-0.1, -0.05) is 13.8 Å². The minimum Gasteiger partial charge on any atom is -0.300 e. The van der Waals surface area contributed by atoms with E-state index in [-0.39, 0.29) is 11.6 Å². The maximum absolute atomic E-state index is 13.4. The van der Waals surface area contributed by atoms with Crippen LogP contribution in [0.3, 0.4) is 0 Å². The number of halogens is 2. The largest absolute Gasteiger partial charge is 0.335 e. The van der Waals surface area contributed by atoms with E-state index < -0.39 is 22.9 Å². The normalized spacial score (nSPS) is 11.1. The monoisotopic (exact) mass is 294 g/mol. The third-order valence-electron chi connectivity index (χ3n) is 3.31. The van der Waals surface area contributed by atoms with Crippen LogP contribution in [-0.4, -0.2) is 9.13 Å². The van der Waals surface area contributed by atoms with Crippen molar-refractivity contribution in [2.75, 3.05) is 0 Å². The second-order valence-corrected chi connectivity index (χ2v) is 5.05. The molecule has 0 fully saturated rings. The van der Waals surface area contributed by atoms with Crippen molar-refractivity contribution >= 4 is 0 Å². The van der Waals surface area contributed by atoms with Crippen LogP contribution in [0, 0.1) is 11.6 Å². The molecule has 1 aromatic heterocycles. The number of hydrogen-bond donors (Lipinski definition) is 0. The van der Waals surface area contributed by atoms with E-state index in [1.807, 2.05) is 13.8 Å². The van der Waals surface area contributed by atoms with Gasteiger partial charge < -0.3 is 4.57 Å². The van der Waals surface area contributed by atoms with E-state index in [9.17, 15) is 18.4 Å². The number of nitrogens with zero attached hydrogens (tertiary/aromatic N) is 2. The fourth-order valence-electron chi connectivity index (χ4n) is 2.10. The first-order chi connectivity index (χ1) is 9.86. The lowest BCUT2D eigenvalue weighted by molar-refractivity contribution is 0.507. The SMILES string of the molecule is CCn1cc(C(C)C)c(=O)n(-c2ccc(F)c(F)c2)c1=O. The summed E-state index contributed by atoms with van der Waals surface area (Å²) in [6, 6.07) is 2.96. The van der Waals surface area contributed by atoms with Crippen LogP contribution in [0.1, 0.15) is 32.3 Å². The van der Waals surface area contributed by atoms with Gasteiger partial charge in [-0.3, -0.25) is 4.79 Å². The zero-order valence-corrected chi connectivity index (χ0v) is 12.1. The molecule has 0 saturated heterocycles. The summed E-state index contributed by atoms with van der Waals surface area (Å²) < 4.78 is 28.6. The molecule has 1 aromatic carbocycles. The van der Waals surface area contributed by atoms with Gasteiger partial charge in [0.25, 0.3) is 5.56 Å². The van der Waals surface area contributed by atoms with Gasteiger partial charge in [0, 0.05) is 24.4 Å². The Bertz CT molecular complexity index is 791. The molecular formula is C15H16F2N2O2. The van der Waals surface area contributed by atoms with Crippen molar-refractivity contribution in [3.63, 3.8) is 0 Å². The van der Waals surface area contributed by atoms with E-state index in [0.717, 1.165) is 16.7 Å². The molecule has 0 bridgehead atoms. The summed E-state index contributed by atoms with van der Waals surface area (Å²) in [6.45, 7) is 5.81. The summed E-state index contributed by atoms with van der Waals surface area (Å²) in [5, 5.41) is 0. The summed E-state index contributed by atoms with van der Waals surface area (Å²) in [5.74, 6) is -2.22. The quantitative estimate of drug-likeness (QED) is 0.872. The molecule has 0 unspecified atom stereocenters. The van der Waals surface area contributed by atoms with Gasteiger partial charge in [-0.25, -0.2) is 18.1 Å². The Morgan fingerprint density at radius 1 is 1.14 bits per heavy atom. The van der Waals surface area contributed by atoms with Gasteiger partial charge in [0.05, 0.1) is 5.69 Å². The van der Waals surface area contributed by atoms with Crippen molar-refractivity contribution in [2.45, 2.75) is 33.2 Å². The molecule has 0 N–H and O–H groups in total. The molecule has 2 rings (SSSR count). The zero-order valence-electron chi connectivity index (χ0n) is 12.1. The molecule has 0 amide bonds. The van der Waals surface area contributed by atoms with Gasteiger partial charge in [0.2, 0.25) is 0 Å². The molecule has 0 aliphatic heterocycles. The summed E-state index contributed by atoms with van der Waals surface area (Å²) in [6.07, 6.45) is 1.52. The molecule has 4 nitrogen and oxygen atoms in total. The van der Waals surface area contributed by atoms with Gasteiger partial charge in [-0.15, -0.1) is 0 Å². The summed E-state index contributed by atoms with van der Waals surface area (Å²) >= 11 is 0. The summed E-state index contributed by atoms with van der Waals surface area (Å²) in [4.78, 5) is 24.7. The summed E-state index contributed by atoms with van der Waals surface area (Å²) in [7, 11) is 0. The number of hydrogen-bond acceptors (Lipinski definition) is 2. The fraction of sp³-hybridized carbons (Fsp3) is 0.333. The maximum atomic E-state index is 13.4. The Balaban J connectivity index is 2.84. The molecule has 112 valence electrons. The Hall–Kier alpha value is -2.24. The van der Waals surface area contributed by atoms with Gasteiger partial charge in [0.15, 0.2) is 11.6 Å². The number of aromatic nitrogens is 2. The third-order valence-corrected chi connectivity index (χ3v) is 3.31. The third kappa shape index (κ3) is 2.66. The minimum atomic E-state index is -1.10. The predicted octanol–water partition coefficient (Wildman–Crippen LogP) is 2.42. The Kier molecular flexibility index (Phi) is 4.06. The average molecular weight is 294 g/mol. The van der Waals surface area contributed by atoms with Crippen LogP contribution in [0.15, 0.2) is 34.0 Å². The van der Waals surface area contributed by atoms with Crippen molar-refractivity contribution in [3.8, 4) is 5.69 Å². The highest BCUT2D eigenvalue weighted by atomic mass is 19.2. The average Bonchev–Trinajstić information content (AvgIpc) is 2.42. The van der Waals surface area contributed by atoms with Crippen LogP contribution in [0.4, 0.5) is 8.78 Å². The van der Waals surface area contributed by atoms with Crippen LogP contribution in [0.2, 0.25) is 0 Å². The topological polar surface area (TPSA) is 44.0 Å². The Morgan fingerprint density at radius 3 is 2.33 bits per heavy atom. The molecule has 6 heteroatoms. The van der Waals surface area contributed by atoms with Crippen LogP contribution in [-0.2, 0) is 6.54 Å². The van der Waals surface area contributed by atoms with Crippen LogP contribution in [0.25, 0.3) is 5.69 Å². The molecule has 0 aliphatic rings. The lowest BCUT2D eigenvalue weighted by Crippen LogP contribution is -2.40. The highest BCUT2D eigenvalue weighted by Crippen LogP contribution is 2.12. The lowest BCUT2D eigenvalue weighted by atomic mass is 10.1. The van der Waals surface area contributed by atoms with Crippen LogP contribution in [0.5, 0.6) is 0 Å². The molecule has 0 aliphatic carbocycles. The Labute approximate surface area is 120 Å². The van der Waals surface area contributed by atoms with E-state index in [1.165, 1.54) is 16.8 Å². The van der Waals surface area contributed by atoms with Gasteiger partial charge >= 0.3 is 5.69 Å². The van der Waals surface area contributed by atoms with E-state index in [4.69, 9.17) is 0 Å². The van der Waals surface area contributed by atoms with Gasteiger partial charge in [0.1, 0.15) is 0 Å². The highest BCUT2D eigenvalue weighted by Gasteiger charge is 2.15. The second-order valence-electron chi connectivity index (χ2n) is 5.05. The smallest absolute Gasteiger partial charge is 0.300 e. The van der Waals surface area contributed by atoms with Crippen LogP contribution >= 0.6 is 0 Å². The first-order valence-corrected chi connectivity index (χ1v) is 6.68. The molecule has 0 spiro atoms. The standard InChI is InChI=1S/C15H16F2N2O2/c1-4-18-8-11(9(2)3)14(20)19(15(18)21)10-5-6-12(16)13(17)7-10/h5-9H,4H2,1-3H3. The molecule has 0 radical (unpaired) electrons. The molecule has 0 atom stereocenters. The number of benzene rings is 1. The Morgan fingerprint density at radius 2 is 1.81 bits per heavy atom. The van der Waals surface area contributed by atoms with Crippen molar-refractivity contribution in [1.82, 2.24) is 9.13 Å². The molecule has 21 heavy (non-hydrogen) atoms. The van der Waals surface area contributed by atoms with E-state index >= 15 is 0 Å². The highest BCUT2D eigenvalue weighted by molar-refractivity contribution is 5.33. The second kappa shape index (κ2) is 5.63. The molecule has 2 aromatic rings. The molecular weight excluding hydrogens is 278 g/mol. The van der Waals surface area contributed by atoms with E-state index in [1.54, 1.807) is 6.92 Å². The van der Waals surface area contributed by atoms with E-state index in [2.05, 4.69) is 0 Å². The predicted molar refractivity (Wildman–Crippen MR) is 76.0 cm³/mol. The number of rotatable bonds is 3. The maximum Gasteiger partial charge on any atom is 0.335 e. The fourth-order valence-corrected chi connectivity index (χ4v) is 2.10. The first kappa shape index (κ1) is 15.2. The van der Waals surface area contributed by atoms with Crippen molar-refractivity contribution < 1.29 is 8.78 Å². The van der Waals surface area contributed by atoms with E-state index in [0.29, 0.717) is 12.1 Å². The van der Waals surface area contributed by atoms with Gasteiger partial charge in [-0.05, 0) is 25.0 Å². The minimum absolute atomic E-state index is 0.0219. The lowest BCUT2D eigenvalue weighted by Gasteiger charge is -2.13. The summed E-state index contributed by atoms with van der Waals surface area (Å²) in [5.41, 5.74) is -0.613. The number of aryl methyl sites for hydroxylation is 1. The van der Waals surface area contributed by atoms with Crippen molar-refractivity contribution in [3.05, 3.63) is 62.4 Å².